The summed E-state index contributed by atoms with van der Waals surface area (Å²) in [5, 5.41) is 0. The van der Waals surface area contributed by atoms with Crippen LogP contribution in [0.2, 0.25) is 0 Å². The molecule has 0 bridgehead atoms. The van der Waals surface area contributed by atoms with Crippen LogP contribution in [0.15, 0.2) is 36.5 Å². The molecule has 0 aliphatic heterocycles. The van der Waals surface area contributed by atoms with Gasteiger partial charge in [0, 0.05) is 12.8 Å². The molecular weight excluding hydrogens is 930 g/mol. The van der Waals surface area contributed by atoms with E-state index in [1.54, 1.807) is 0 Å². The molecule has 0 aromatic carbocycles. The molecule has 0 aliphatic rings. The van der Waals surface area contributed by atoms with Crippen LogP contribution < -0.4 is 0 Å². The monoisotopic (exact) mass is 1050 g/mol. The predicted molar refractivity (Wildman–Crippen MR) is 312 cm³/mol. The van der Waals surface area contributed by atoms with Crippen molar-refractivity contribution in [1.29, 1.82) is 0 Å². The molecule has 0 fully saturated rings. The molecule has 0 saturated heterocycles. The minimum absolute atomic E-state index is 0.0324. The van der Waals surface area contributed by atoms with Gasteiger partial charge in [0.1, 0.15) is 19.8 Å². The smallest absolute Gasteiger partial charge is 0.462 e. The van der Waals surface area contributed by atoms with E-state index < -0.39 is 26.5 Å². The number of ether oxygens (including phenoxy) is 2. The Morgan fingerprint density at radius 1 is 0.425 bits per heavy atom. The van der Waals surface area contributed by atoms with E-state index in [1.165, 1.54) is 218 Å². The lowest BCUT2D eigenvalue weighted by atomic mass is 10.0. The molecule has 2 unspecified atom stereocenters. The van der Waals surface area contributed by atoms with Gasteiger partial charge < -0.3 is 18.9 Å². The van der Waals surface area contributed by atoms with Crippen LogP contribution in [0, 0.1) is 0 Å². The number of hydrogen-bond donors (Lipinski definition) is 1. The van der Waals surface area contributed by atoms with E-state index in [9.17, 15) is 19.0 Å². The number of likely N-dealkylation sites (N-methyl/N-ethyl adjacent to an activating group) is 1. The molecule has 2 atom stereocenters. The molecule has 1 N–H and O–H groups in total. The largest absolute Gasteiger partial charge is 0.472 e. The highest BCUT2D eigenvalue weighted by molar-refractivity contribution is 7.47. The highest BCUT2D eigenvalue weighted by atomic mass is 31.2. The maximum absolute atomic E-state index is 12.8. The molecule has 9 nitrogen and oxygen atoms in total. The standard InChI is InChI=1S/C63H120NO8P/c1-6-8-10-12-14-16-18-20-22-24-26-28-30-32-34-36-38-40-42-44-46-48-50-52-54-56-63(66)72-61(60-71-73(67,68)70-58-57-64(3,4)5)59-69-62(65)55-53-51-49-47-45-43-41-39-37-35-33-31-29-27-25-23-21-19-17-15-13-11-9-7-2/h18,20,24,26,30,32,61H,6-17,19,21-23,25,27-29,31,33-60H2,1-5H3/p+1/b20-18-,26-24-,32-30-. The molecule has 73 heavy (non-hydrogen) atoms. The molecule has 0 aliphatic carbocycles. The summed E-state index contributed by atoms with van der Waals surface area (Å²) in [7, 11) is 1.49. The van der Waals surface area contributed by atoms with E-state index in [-0.39, 0.29) is 25.6 Å². The molecule has 0 spiro atoms. The van der Waals surface area contributed by atoms with Crippen LogP contribution in [-0.2, 0) is 32.7 Å². The Morgan fingerprint density at radius 3 is 1.10 bits per heavy atom. The van der Waals surface area contributed by atoms with E-state index in [1.807, 2.05) is 21.1 Å². The zero-order chi connectivity index (χ0) is 53.5. The van der Waals surface area contributed by atoms with Crippen LogP contribution >= 0.6 is 7.82 Å². The van der Waals surface area contributed by atoms with Gasteiger partial charge >= 0.3 is 19.8 Å². The van der Waals surface area contributed by atoms with Crippen LogP contribution in [0.5, 0.6) is 0 Å². The Labute approximate surface area is 452 Å². The molecular formula is C63H121NO8P+. The van der Waals surface area contributed by atoms with Crippen LogP contribution in [0.1, 0.15) is 303 Å². The first-order chi connectivity index (χ1) is 35.5. The highest BCUT2D eigenvalue weighted by Gasteiger charge is 2.27. The maximum Gasteiger partial charge on any atom is 0.472 e. The topological polar surface area (TPSA) is 108 Å². The average molecular weight is 1050 g/mol. The number of phosphoric acid groups is 1. The number of esters is 2. The van der Waals surface area contributed by atoms with Crippen LogP contribution in [0.3, 0.4) is 0 Å². The molecule has 0 saturated carbocycles. The summed E-state index contributed by atoms with van der Waals surface area (Å²) in [6, 6.07) is 0. The summed E-state index contributed by atoms with van der Waals surface area (Å²) in [6.07, 6.45) is 67.9. The van der Waals surface area contributed by atoms with E-state index in [0.29, 0.717) is 23.9 Å². The molecule has 0 rings (SSSR count). The molecule has 0 radical (unpaired) electrons. The Morgan fingerprint density at radius 2 is 0.740 bits per heavy atom. The van der Waals surface area contributed by atoms with Crippen molar-refractivity contribution in [2.75, 3.05) is 47.5 Å². The van der Waals surface area contributed by atoms with Crippen molar-refractivity contribution < 1.29 is 42.1 Å². The lowest BCUT2D eigenvalue weighted by Gasteiger charge is -2.24. The summed E-state index contributed by atoms with van der Waals surface area (Å²) in [4.78, 5) is 35.8. The Kier molecular flexibility index (Phi) is 53.7. The second-order valence-electron chi connectivity index (χ2n) is 22.5. The van der Waals surface area contributed by atoms with Gasteiger partial charge in [0.25, 0.3) is 0 Å². The SMILES string of the molecule is CCCCCCC/C=C\C/C=C\C/C=C\CCCCCCCCCCCCC(=O)OC(COC(=O)CCCCCCCCCCCCCCCCCCCCCCCCCC)COP(=O)(O)OCC[N+](C)(C)C. The first-order valence-electron chi connectivity index (χ1n) is 31.2. The van der Waals surface area contributed by atoms with Crippen LogP contribution in [0.25, 0.3) is 0 Å². The first-order valence-corrected chi connectivity index (χ1v) is 32.7. The Balaban J connectivity index is 4.11. The Hall–Kier alpha value is -1.77. The van der Waals surface area contributed by atoms with Gasteiger partial charge in [-0.05, 0) is 51.4 Å². The summed E-state index contributed by atoms with van der Waals surface area (Å²) in [5.41, 5.74) is 0. The number of phosphoric ester groups is 1. The Bertz CT molecular complexity index is 1330. The van der Waals surface area contributed by atoms with Gasteiger partial charge in [-0.3, -0.25) is 18.6 Å². The number of quaternary nitrogens is 1. The summed E-state index contributed by atoms with van der Waals surface area (Å²) in [5.74, 6) is -0.786. The zero-order valence-electron chi connectivity index (χ0n) is 48.9. The van der Waals surface area contributed by atoms with Gasteiger partial charge in [0.15, 0.2) is 6.10 Å². The minimum Gasteiger partial charge on any atom is -0.462 e. The van der Waals surface area contributed by atoms with Crippen molar-refractivity contribution in [3.63, 3.8) is 0 Å². The molecule has 0 heterocycles. The van der Waals surface area contributed by atoms with Crippen molar-refractivity contribution in [3.05, 3.63) is 36.5 Å². The minimum atomic E-state index is -4.39. The quantitative estimate of drug-likeness (QED) is 0.0211. The third-order valence-corrected chi connectivity index (χ3v) is 14.9. The molecule has 0 aromatic rings. The van der Waals surface area contributed by atoms with Crippen molar-refractivity contribution in [2.24, 2.45) is 0 Å². The number of hydrogen-bond acceptors (Lipinski definition) is 7. The summed E-state index contributed by atoms with van der Waals surface area (Å²) in [6.45, 7) is 4.47. The molecule has 430 valence electrons. The fraction of sp³-hybridized carbons (Fsp3) is 0.873. The van der Waals surface area contributed by atoms with E-state index in [4.69, 9.17) is 18.5 Å². The number of carbonyl (C=O) groups excluding carboxylic acids is 2. The lowest BCUT2D eigenvalue weighted by molar-refractivity contribution is -0.870. The summed E-state index contributed by atoms with van der Waals surface area (Å²) >= 11 is 0. The maximum atomic E-state index is 12.8. The van der Waals surface area contributed by atoms with Crippen molar-refractivity contribution in [1.82, 2.24) is 0 Å². The van der Waals surface area contributed by atoms with E-state index in [0.717, 1.165) is 51.4 Å². The van der Waals surface area contributed by atoms with Crippen LogP contribution in [-0.4, -0.2) is 74.9 Å². The number of nitrogens with zero attached hydrogens (tertiary/aromatic N) is 1. The normalized spacial score (nSPS) is 13.5. The van der Waals surface area contributed by atoms with Gasteiger partial charge in [0.2, 0.25) is 0 Å². The first kappa shape index (κ1) is 71.2. The van der Waals surface area contributed by atoms with Crippen molar-refractivity contribution in [3.8, 4) is 0 Å². The second-order valence-corrected chi connectivity index (χ2v) is 23.9. The van der Waals surface area contributed by atoms with Gasteiger partial charge in [-0.15, -0.1) is 0 Å². The number of rotatable bonds is 58. The molecule has 10 heteroatoms. The fourth-order valence-electron chi connectivity index (χ4n) is 9.08. The third kappa shape index (κ3) is 59.3. The fourth-order valence-corrected chi connectivity index (χ4v) is 9.83. The van der Waals surface area contributed by atoms with E-state index in [2.05, 4.69) is 50.3 Å². The number of unbranched alkanes of at least 4 members (excludes halogenated alkanes) is 38. The summed E-state index contributed by atoms with van der Waals surface area (Å²) < 4.78 is 34.6. The average Bonchev–Trinajstić information content (AvgIpc) is 3.35. The molecule has 0 aromatic heterocycles. The zero-order valence-corrected chi connectivity index (χ0v) is 49.8. The van der Waals surface area contributed by atoms with Crippen molar-refractivity contribution in [2.45, 2.75) is 309 Å². The number of allylic oxidation sites excluding steroid dienone is 6. The second kappa shape index (κ2) is 55.0. The van der Waals surface area contributed by atoms with Gasteiger partial charge in [-0.2, -0.15) is 0 Å². The van der Waals surface area contributed by atoms with Crippen LogP contribution in [0.4, 0.5) is 0 Å². The lowest BCUT2D eigenvalue weighted by Crippen LogP contribution is -2.37. The predicted octanol–water partition coefficient (Wildman–Crippen LogP) is 19.5. The number of carbonyl (C=O) groups is 2. The van der Waals surface area contributed by atoms with Gasteiger partial charge in [-0.25, -0.2) is 4.57 Å². The highest BCUT2D eigenvalue weighted by Crippen LogP contribution is 2.43. The van der Waals surface area contributed by atoms with Gasteiger partial charge in [-0.1, -0.05) is 275 Å². The molecule has 0 amide bonds. The van der Waals surface area contributed by atoms with Crippen molar-refractivity contribution >= 4 is 19.8 Å². The van der Waals surface area contributed by atoms with Gasteiger partial charge in [0.05, 0.1) is 27.7 Å². The van der Waals surface area contributed by atoms with E-state index >= 15 is 0 Å². The third-order valence-electron chi connectivity index (χ3n) is 13.9.